The first-order valence-electron chi connectivity index (χ1n) is 5.22. The second-order valence-corrected chi connectivity index (χ2v) is 3.90. The summed E-state index contributed by atoms with van der Waals surface area (Å²) in [6.45, 7) is 3.89. The van der Waals surface area contributed by atoms with Crippen molar-refractivity contribution in [2.75, 3.05) is 25.5 Å². The van der Waals surface area contributed by atoms with Crippen molar-refractivity contribution in [2.24, 2.45) is 0 Å². The van der Waals surface area contributed by atoms with Crippen molar-refractivity contribution in [2.45, 2.75) is 19.1 Å². The Labute approximate surface area is 90.0 Å². The van der Waals surface area contributed by atoms with Crippen LogP contribution >= 0.6 is 0 Å². The van der Waals surface area contributed by atoms with E-state index < -0.39 is 0 Å². The molecule has 1 aromatic rings. The molecule has 0 spiro atoms. The van der Waals surface area contributed by atoms with Crippen LogP contribution in [0.4, 0.5) is 5.82 Å². The summed E-state index contributed by atoms with van der Waals surface area (Å²) in [4.78, 5) is 4.28. The molecule has 0 amide bonds. The number of nitrogens with one attached hydrogen (secondary N) is 2. The Balaban J connectivity index is 2.02. The summed E-state index contributed by atoms with van der Waals surface area (Å²) in [6, 6.07) is 4.35. The molecule has 0 aliphatic carbocycles. The first-order valence-corrected chi connectivity index (χ1v) is 5.22. The summed E-state index contributed by atoms with van der Waals surface area (Å²) in [6.07, 6.45) is 2.05. The van der Waals surface area contributed by atoms with Crippen molar-refractivity contribution in [3.63, 3.8) is 0 Å². The molecule has 82 valence electrons. The molecule has 2 rings (SSSR count). The van der Waals surface area contributed by atoms with Gasteiger partial charge in [0.1, 0.15) is 5.82 Å². The Kier molecular flexibility index (Phi) is 3.18. The van der Waals surface area contributed by atoms with E-state index in [4.69, 9.17) is 4.74 Å². The fourth-order valence-corrected chi connectivity index (χ4v) is 1.85. The molecular formula is C11H17N3O. The number of methoxy groups -OCH3 is 1. The Hall–Kier alpha value is -1.13. The summed E-state index contributed by atoms with van der Waals surface area (Å²) in [5.74, 6) is 0.922. The Morgan fingerprint density at radius 2 is 2.40 bits per heavy atom. The van der Waals surface area contributed by atoms with Gasteiger partial charge in [0.05, 0.1) is 12.1 Å². The van der Waals surface area contributed by atoms with Gasteiger partial charge >= 0.3 is 0 Å². The van der Waals surface area contributed by atoms with E-state index in [0.717, 1.165) is 18.9 Å². The summed E-state index contributed by atoms with van der Waals surface area (Å²) < 4.78 is 5.37. The van der Waals surface area contributed by atoms with E-state index in [-0.39, 0.29) is 6.10 Å². The molecular weight excluding hydrogens is 190 g/mol. The third-order valence-electron chi connectivity index (χ3n) is 2.71. The average molecular weight is 207 g/mol. The van der Waals surface area contributed by atoms with Crippen molar-refractivity contribution < 1.29 is 4.74 Å². The summed E-state index contributed by atoms with van der Waals surface area (Å²) in [7, 11) is 1.75. The number of hydrogen-bond donors (Lipinski definition) is 2. The van der Waals surface area contributed by atoms with Gasteiger partial charge in [0.2, 0.25) is 0 Å². The lowest BCUT2D eigenvalue weighted by Crippen LogP contribution is -2.33. The third kappa shape index (κ3) is 2.46. The summed E-state index contributed by atoms with van der Waals surface area (Å²) in [5.41, 5.74) is 1.22. The molecule has 1 unspecified atom stereocenters. The molecule has 2 atom stereocenters. The molecule has 0 saturated carbocycles. The van der Waals surface area contributed by atoms with Gasteiger partial charge < -0.3 is 15.4 Å². The monoisotopic (exact) mass is 207 g/mol. The largest absolute Gasteiger partial charge is 0.378 e. The minimum Gasteiger partial charge on any atom is -0.378 e. The van der Waals surface area contributed by atoms with E-state index in [1.807, 2.05) is 18.3 Å². The number of aromatic nitrogens is 1. The van der Waals surface area contributed by atoms with Gasteiger partial charge in [0.25, 0.3) is 0 Å². The quantitative estimate of drug-likeness (QED) is 0.769. The number of pyridine rings is 1. The highest BCUT2D eigenvalue weighted by Crippen LogP contribution is 2.12. The highest BCUT2D eigenvalue weighted by atomic mass is 16.5. The van der Waals surface area contributed by atoms with Crippen molar-refractivity contribution >= 4 is 5.82 Å². The standard InChI is InChI=1S/C11H17N3O/c1-8-3-4-13-11(5-8)14-9-6-12-7-10(9)15-2/h3-5,9-10,12H,6-7H2,1-2H3,(H,13,14)/t9?,10-/m0/s1. The maximum absolute atomic E-state index is 5.37. The summed E-state index contributed by atoms with van der Waals surface area (Å²) in [5, 5.41) is 6.68. The highest BCUT2D eigenvalue weighted by molar-refractivity contribution is 5.38. The predicted molar refractivity (Wildman–Crippen MR) is 60.1 cm³/mol. The molecule has 0 aromatic carbocycles. The topological polar surface area (TPSA) is 46.2 Å². The summed E-state index contributed by atoms with van der Waals surface area (Å²) >= 11 is 0. The van der Waals surface area contributed by atoms with Crippen LogP contribution in [0.15, 0.2) is 18.3 Å². The third-order valence-corrected chi connectivity index (χ3v) is 2.71. The van der Waals surface area contributed by atoms with Crippen LogP contribution < -0.4 is 10.6 Å². The van der Waals surface area contributed by atoms with E-state index in [0.29, 0.717) is 6.04 Å². The number of anilines is 1. The van der Waals surface area contributed by atoms with Crippen LogP contribution in [0.25, 0.3) is 0 Å². The number of hydrogen-bond acceptors (Lipinski definition) is 4. The SMILES string of the molecule is CO[C@H]1CNCC1Nc1cc(C)ccn1. The van der Waals surface area contributed by atoms with Gasteiger partial charge in [-0.15, -0.1) is 0 Å². The van der Waals surface area contributed by atoms with E-state index in [9.17, 15) is 0 Å². The van der Waals surface area contributed by atoms with Crippen molar-refractivity contribution in [1.29, 1.82) is 0 Å². The van der Waals surface area contributed by atoms with Gasteiger partial charge in [-0.25, -0.2) is 4.98 Å². The second kappa shape index (κ2) is 4.59. The van der Waals surface area contributed by atoms with Crippen LogP contribution in [0.1, 0.15) is 5.56 Å². The molecule has 1 fully saturated rings. The maximum Gasteiger partial charge on any atom is 0.126 e. The van der Waals surface area contributed by atoms with E-state index >= 15 is 0 Å². The first-order chi connectivity index (χ1) is 7.29. The van der Waals surface area contributed by atoms with Gasteiger partial charge in [0, 0.05) is 26.4 Å². The van der Waals surface area contributed by atoms with Gasteiger partial charge in [-0.2, -0.15) is 0 Å². The smallest absolute Gasteiger partial charge is 0.126 e. The molecule has 0 radical (unpaired) electrons. The van der Waals surface area contributed by atoms with Gasteiger partial charge in [-0.1, -0.05) is 0 Å². The van der Waals surface area contributed by atoms with E-state index in [2.05, 4.69) is 22.5 Å². The zero-order valence-corrected chi connectivity index (χ0v) is 9.16. The van der Waals surface area contributed by atoms with Gasteiger partial charge in [0.15, 0.2) is 0 Å². The second-order valence-electron chi connectivity index (χ2n) is 3.90. The highest BCUT2D eigenvalue weighted by Gasteiger charge is 2.26. The Morgan fingerprint density at radius 3 is 3.13 bits per heavy atom. The van der Waals surface area contributed by atoms with Crippen LogP contribution in [0.3, 0.4) is 0 Å². The predicted octanol–water partition coefficient (Wildman–Crippen LogP) is 0.789. The Bertz CT molecular complexity index is 329. The van der Waals surface area contributed by atoms with Crippen molar-refractivity contribution in [1.82, 2.24) is 10.3 Å². The molecule has 1 saturated heterocycles. The molecule has 4 heteroatoms. The number of nitrogens with zero attached hydrogens (tertiary/aromatic N) is 1. The zero-order valence-electron chi connectivity index (χ0n) is 9.16. The minimum atomic E-state index is 0.229. The molecule has 2 heterocycles. The molecule has 2 N–H and O–H groups in total. The number of aryl methyl sites for hydroxylation is 1. The van der Waals surface area contributed by atoms with Crippen LogP contribution in [0.2, 0.25) is 0 Å². The van der Waals surface area contributed by atoms with Crippen LogP contribution in [-0.4, -0.2) is 37.3 Å². The van der Waals surface area contributed by atoms with Crippen LogP contribution in [-0.2, 0) is 4.74 Å². The lowest BCUT2D eigenvalue weighted by atomic mass is 10.2. The molecule has 1 aliphatic rings. The lowest BCUT2D eigenvalue weighted by molar-refractivity contribution is 0.111. The average Bonchev–Trinajstić information content (AvgIpc) is 2.65. The Morgan fingerprint density at radius 1 is 1.53 bits per heavy atom. The molecule has 1 aromatic heterocycles. The number of rotatable bonds is 3. The van der Waals surface area contributed by atoms with E-state index in [1.165, 1.54) is 5.56 Å². The minimum absolute atomic E-state index is 0.229. The maximum atomic E-state index is 5.37. The van der Waals surface area contributed by atoms with Gasteiger partial charge in [-0.05, 0) is 24.6 Å². The first kappa shape index (κ1) is 10.4. The zero-order chi connectivity index (χ0) is 10.7. The fourth-order valence-electron chi connectivity index (χ4n) is 1.85. The van der Waals surface area contributed by atoms with Crippen molar-refractivity contribution in [3.05, 3.63) is 23.9 Å². The van der Waals surface area contributed by atoms with Gasteiger partial charge in [-0.3, -0.25) is 0 Å². The molecule has 1 aliphatic heterocycles. The molecule has 4 nitrogen and oxygen atoms in total. The van der Waals surface area contributed by atoms with Crippen LogP contribution in [0.5, 0.6) is 0 Å². The number of ether oxygens (including phenoxy) is 1. The molecule has 0 bridgehead atoms. The fraction of sp³-hybridized carbons (Fsp3) is 0.545. The van der Waals surface area contributed by atoms with E-state index in [1.54, 1.807) is 7.11 Å². The van der Waals surface area contributed by atoms with Crippen LogP contribution in [0, 0.1) is 6.92 Å². The molecule has 15 heavy (non-hydrogen) atoms. The normalized spacial score (nSPS) is 25.5. The van der Waals surface area contributed by atoms with Crippen molar-refractivity contribution in [3.8, 4) is 0 Å². The lowest BCUT2D eigenvalue weighted by Gasteiger charge is -2.19.